The van der Waals surface area contributed by atoms with Gasteiger partial charge in [0.05, 0.1) is 0 Å². The van der Waals surface area contributed by atoms with Gasteiger partial charge in [0.15, 0.2) is 11.6 Å². The van der Waals surface area contributed by atoms with E-state index in [1.165, 1.54) is 18.9 Å². The fourth-order valence-corrected chi connectivity index (χ4v) is 3.41. The third kappa shape index (κ3) is 3.50. The van der Waals surface area contributed by atoms with E-state index in [1.807, 2.05) is 6.92 Å². The van der Waals surface area contributed by atoms with Gasteiger partial charge in [-0.1, -0.05) is 38.3 Å². The Hall–Kier alpha value is -0.670. The molecule has 1 aliphatic carbocycles. The van der Waals surface area contributed by atoms with E-state index in [1.54, 1.807) is 0 Å². The summed E-state index contributed by atoms with van der Waals surface area (Å²) in [4.78, 5) is 0. The van der Waals surface area contributed by atoms with Crippen LogP contribution in [0.4, 0.5) is 8.78 Å². The van der Waals surface area contributed by atoms with Crippen molar-refractivity contribution in [3.8, 4) is 0 Å². The molecular formula is C16H22ClF2N. The summed E-state index contributed by atoms with van der Waals surface area (Å²) in [6.07, 6.45) is 4.59. The molecule has 1 aromatic carbocycles. The van der Waals surface area contributed by atoms with Crippen molar-refractivity contribution in [3.63, 3.8) is 0 Å². The van der Waals surface area contributed by atoms with Crippen molar-refractivity contribution >= 4 is 11.6 Å². The number of rotatable bonds is 4. The van der Waals surface area contributed by atoms with Gasteiger partial charge in [-0.25, -0.2) is 8.78 Å². The van der Waals surface area contributed by atoms with Crippen LogP contribution in [0.15, 0.2) is 12.1 Å². The van der Waals surface area contributed by atoms with Crippen LogP contribution in [0.5, 0.6) is 0 Å². The highest BCUT2D eigenvalue weighted by Crippen LogP contribution is 2.39. The standard InChI is InChI=1S/C16H22ClF2N/c1-3-20-16(11-6-4-10(2)5-7-11)12-8-14(18)15(19)9-13(12)17/h8-11,16,20H,3-7H2,1-2H3. The van der Waals surface area contributed by atoms with Crippen LogP contribution in [0, 0.1) is 23.5 Å². The predicted octanol–water partition coefficient (Wildman–Crippen LogP) is 5.10. The van der Waals surface area contributed by atoms with Gasteiger partial charge in [-0.15, -0.1) is 0 Å². The van der Waals surface area contributed by atoms with Crippen molar-refractivity contribution in [1.29, 1.82) is 0 Å². The van der Waals surface area contributed by atoms with Crippen LogP contribution in [-0.2, 0) is 0 Å². The summed E-state index contributed by atoms with van der Waals surface area (Å²) in [7, 11) is 0. The Kier molecular flexibility index (Phi) is 5.39. The van der Waals surface area contributed by atoms with E-state index in [0.29, 0.717) is 16.5 Å². The second-order valence-corrected chi connectivity index (χ2v) is 6.25. The maximum atomic E-state index is 13.5. The van der Waals surface area contributed by atoms with Crippen LogP contribution in [-0.4, -0.2) is 6.54 Å². The summed E-state index contributed by atoms with van der Waals surface area (Å²) < 4.78 is 26.8. The Balaban J connectivity index is 2.26. The molecule has 0 aromatic heterocycles. The highest BCUT2D eigenvalue weighted by atomic mass is 35.5. The van der Waals surface area contributed by atoms with Crippen molar-refractivity contribution < 1.29 is 8.78 Å². The van der Waals surface area contributed by atoms with Gasteiger partial charge in [0, 0.05) is 11.1 Å². The normalized spacial score (nSPS) is 24.6. The Morgan fingerprint density at radius 2 is 1.80 bits per heavy atom. The molecule has 20 heavy (non-hydrogen) atoms. The van der Waals surface area contributed by atoms with E-state index >= 15 is 0 Å². The van der Waals surface area contributed by atoms with E-state index in [4.69, 9.17) is 11.6 Å². The van der Waals surface area contributed by atoms with Gasteiger partial charge in [-0.05, 0) is 48.9 Å². The van der Waals surface area contributed by atoms with E-state index in [2.05, 4.69) is 12.2 Å². The molecule has 0 saturated heterocycles. The first-order valence-corrected chi connectivity index (χ1v) is 7.78. The van der Waals surface area contributed by atoms with Crippen LogP contribution in [0.1, 0.15) is 51.1 Å². The molecule has 4 heteroatoms. The first kappa shape index (κ1) is 15.7. The van der Waals surface area contributed by atoms with Crippen LogP contribution < -0.4 is 5.32 Å². The van der Waals surface area contributed by atoms with Crippen molar-refractivity contribution in [1.82, 2.24) is 5.32 Å². The minimum Gasteiger partial charge on any atom is -0.310 e. The molecule has 1 aromatic rings. The molecule has 0 aliphatic heterocycles. The molecule has 0 spiro atoms. The van der Waals surface area contributed by atoms with E-state index in [9.17, 15) is 8.78 Å². The Morgan fingerprint density at radius 3 is 2.40 bits per heavy atom. The molecule has 0 heterocycles. The van der Waals surface area contributed by atoms with E-state index in [0.717, 1.165) is 31.4 Å². The zero-order valence-corrected chi connectivity index (χ0v) is 12.8. The topological polar surface area (TPSA) is 12.0 Å². The second-order valence-electron chi connectivity index (χ2n) is 5.84. The summed E-state index contributed by atoms with van der Waals surface area (Å²) in [5.74, 6) is -0.509. The first-order valence-electron chi connectivity index (χ1n) is 7.40. The summed E-state index contributed by atoms with van der Waals surface area (Å²) >= 11 is 6.13. The van der Waals surface area contributed by atoms with Crippen molar-refractivity contribution in [2.75, 3.05) is 6.54 Å². The monoisotopic (exact) mass is 301 g/mol. The van der Waals surface area contributed by atoms with Gasteiger partial charge < -0.3 is 5.32 Å². The fraction of sp³-hybridized carbons (Fsp3) is 0.625. The molecule has 1 saturated carbocycles. The summed E-state index contributed by atoms with van der Waals surface area (Å²) in [5.41, 5.74) is 0.687. The molecule has 1 atom stereocenters. The van der Waals surface area contributed by atoms with E-state index in [-0.39, 0.29) is 6.04 Å². The van der Waals surface area contributed by atoms with Gasteiger partial charge >= 0.3 is 0 Å². The van der Waals surface area contributed by atoms with Crippen molar-refractivity contribution in [3.05, 3.63) is 34.4 Å². The number of hydrogen-bond acceptors (Lipinski definition) is 1. The molecular weight excluding hydrogens is 280 g/mol. The smallest absolute Gasteiger partial charge is 0.160 e. The lowest BCUT2D eigenvalue weighted by Crippen LogP contribution is -2.31. The second kappa shape index (κ2) is 6.86. The fourth-order valence-electron chi connectivity index (χ4n) is 3.15. The van der Waals surface area contributed by atoms with Crippen LogP contribution in [0.3, 0.4) is 0 Å². The molecule has 1 fully saturated rings. The Morgan fingerprint density at radius 1 is 1.20 bits per heavy atom. The van der Waals surface area contributed by atoms with Gasteiger partial charge in [0.1, 0.15) is 0 Å². The highest BCUT2D eigenvalue weighted by Gasteiger charge is 2.28. The average Bonchev–Trinajstić information content (AvgIpc) is 2.42. The molecule has 1 nitrogen and oxygen atoms in total. The SMILES string of the molecule is CCNC(c1cc(F)c(F)cc1Cl)C1CCC(C)CC1. The third-order valence-electron chi connectivity index (χ3n) is 4.33. The minimum absolute atomic E-state index is 0.00935. The van der Waals surface area contributed by atoms with E-state index < -0.39 is 11.6 Å². The molecule has 0 radical (unpaired) electrons. The van der Waals surface area contributed by atoms with Crippen LogP contribution in [0.2, 0.25) is 5.02 Å². The lowest BCUT2D eigenvalue weighted by atomic mass is 9.77. The van der Waals surface area contributed by atoms with Crippen LogP contribution >= 0.6 is 11.6 Å². The summed E-state index contributed by atoms with van der Waals surface area (Å²) in [6, 6.07) is 2.35. The number of hydrogen-bond donors (Lipinski definition) is 1. The molecule has 0 amide bonds. The van der Waals surface area contributed by atoms with Gasteiger partial charge in [0.25, 0.3) is 0 Å². The number of nitrogens with one attached hydrogen (secondary N) is 1. The lowest BCUT2D eigenvalue weighted by Gasteiger charge is -2.34. The summed E-state index contributed by atoms with van der Waals surface area (Å²) in [6.45, 7) is 5.07. The Labute approximate surface area is 124 Å². The number of benzene rings is 1. The Bertz CT molecular complexity index is 456. The first-order chi connectivity index (χ1) is 9.52. The summed E-state index contributed by atoms with van der Waals surface area (Å²) in [5, 5.41) is 3.71. The van der Waals surface area contributed by atoms with Crippen molar-refractivity contribution in [2.24, 2.45) is 11.8 Å². The minimum atomic E-state index is -0.883. The van der Waals surface area contributed by atoms with Crippen molar-refractivity contribution in [2.45, 2.75) is 45.6 Å². The zero-order chi connectivity index (χ0) is 14.7. The van der Waals surface area contributed by atoms with Gasteiger partial charge in [-0.3, -0.25) is 0 Å². The third-order valence-corrected chi connectivity index (χ3v) is 4.66. The largest absolute Gasteiger partial charge is 0.310 e. The zero-order valence-electron chi connectivity index (χ0n) is 12.1. The predicted molar refractivity (Wildman–Crippen MR) is 78.9 cm³/mol. The number of halogens is 3. The van der Waals surface area contributed by atoms with Gasteiger partial charge in [-0.2, -0.15) is 0 Å². The van der Waals surface area contributed by atoms with Gasteiger partial charge in [0.2, 0.25) is 0 Å². The molecule has 1 aliphatic rings. The maximum absolute atomic E-state index is 13.5. The maximum Gasteiger partial charge on any atom is 0.160 e. The molecule has 2 rings (SSSR count). The average molecular weight is 302 g/mol. The molecule has 112 valence electrons. The highest BCUT2D eigenvalue weighted by molar-refractivity contribution is 6.31. The quantitative estimate of drug-likeness (QED) is 0.763. The molecule has 0 bridgehead atoms. The lowest BCUT2D eigenvalue weighted by molar-refractivity contribution is 0.233. The molecule has 1 N–H and O–H groups in total. The molecule has 1 unspecified atom stereocenters. The van der Waals surface area contributed by atoms with Crippen LogP contribution in [0.25, 0.3) is 0 Å².